The van der Waals surface area contributed by atoms with Gasteiger partial charge in [-0.25, -0.2) is 4.98 Å². The van der Waals surface area contributed by atoms with Gasteiger partial charge in [0.05, 0.1) is 0 Å². The summed E-state index contributed by atoms with van der Waals surface area (Å²) < 4.78 is 12.0. The van der Waals surface area contributed by atoms with E-state index in [4.69, 9.17) is 9.47 Å². The molecule has 5 rings (SSSR count). The zero-order chi connectivity index (χ0) is 22.5. The number of ether oxygens (including phenoxy) is 2. The fourth-order valence-electron chi connectivity index (χ4n) is 4.15. The molecule has 33 heavy (non-hydrogen) atoms. The molecule has 7 heteroatoms. The highest BCUT2D eigenvalue weighted by Crippen LogP contribution is 2.30. The lowest BCUT2D eigenvalue weighted by Crippen LogP contribution is -2.44. The van der Waals surface area contributed by atoms with Gasteiger partial charge in [0.15, 0.2) is 0 Å². The summed E-state index contributed by atoms with van der Waals surface area (Å²) in [5.41, 5.74) is 4.78. The first-order chi connectivity index (χ1) is 16.2. The van der Waals surface area contributed by atoms with Crippen molar-refractivity contribution in [2.45, 2.75) is 13.3 Å². The second kappa shape index (κ2) is 10.0. The van der Waals surface area contributed by atoms with E-state index in [-0.39, 0.29) is 0 Å². The Hall–Kier alpha value is -3.42. The quantitative estimate of drug-likeness (QED) is 0.539. The lowest BCUT2D eigenvalue weighted by molar-refractivity contribution is 0.191. The van der Waals surface area contributed by atoms with Gasteiger partial charge in [-0.05, 0) is 48.7 Å². The van der Waals surface area contributed by atoms with Gasteiger partial charge in [0.1, 0.15) is 18.1 Å². The number of piperazine rings is 1. The van der Waals surface area contributed by atoms with E-state index in [0.29, 0.717) is 18.4 Å². The van der Waals surface area contributed by atoms with Crippen molar-refractivity contribution in [1.82, 2.24) is 20.2 Å². The zero-order valence-corrected chi connectivity index (χ0v) is 18.9. The lowest BCUT2D eigenvalue weighted by atomic mass is 10.1. The highest BCUT2D eigenvalue weighted by Gasteiger charge is 2.12. The number of rotatable bonds is 8. The van der Waals surface area contributed by atoms with Crippen molar-refractivity contribution in [3.8, 4) is 17.4 Å². The molecule has 0 bridgehead atoms. The molecule has 7 nitrogen and oxygen atoms in total. The van der Waals surface area contributed by atoms with Gasteiger partial charge in [0.2, 0.25) is 11.8 Å². The highest BCUT2D eigenvalue weighted by atomic mass is 16.5. The second-order valence-corrected chi connectivity index (χ2v) is 8.44. The van der Waals surface area contributed by atoms with E-state index < -0.39 is 0 Å². The molecule has 0 amide bonds. The normalized spacial score (nSPS) is 15.6. The van der Waals surface area contributed by atoms with Crippen LogP contribution in [0.5, 0.6) is 17.4 Å². The molecule has 2 heterocycles. The maximum Gasteiger partial charge on any atom is 0.230 e. The SMILES string of the molecule is CC1=Cc2cc(Oc3ccnc(Nc4cccc(OCCN5CCNCC5)c4)n3)ccc2C1. The molecule has 1 fully saturated rings. The zero-order valence-electron chi connectivity index (χ0n) is 18.9. The smallest absolute Gasteiger partial charge is 0.230 e. The van der Waals surface area contributed by atoms with Crippen molar-refractivity contribution in [2.24, 2.45) is 0 Å². The van der Waals surface area contributed by atoms with Crippen LogP contribution in [0.25, 0.3) is 6.08 Å². The first kappa shape index (κ1) is 21.4. The molecule has 2 aliphatic rings. The van der Waals surface area contributed by atoms with Crippen LogP contribution in [0.1, 0.15) is 18.1 Å². The van der Waals surface area contributed by atoms with E-state index in [2.05, 4.69) is 50.6 Å². The van der Waals surface area contributed by atoms with Crippen LogP contribution >= 0.6 is 0 Å². The van der Waals surface area contributed by atoms with E-state index >= 15 is 0 Å². The van der Waals surface area contributed by atoms with Crippen molar-refractivity contribution in [2.75, 3.05) is 44.6 Å². The number of allylic oxidation sites excluding steroid dienone is 1. The van der Waals surface area contributed by atoms with E-state index in [9.17, 15) is 0 Å². The summed E-state index contributed by atoms with van der Waals surface area (Å²) >= 11 is 0. The van der Waals surface area contributed by atoms with E-state index in [1.807, 2.05) is 30.3 Å². The molecule has 3 aromatic rings. The van der Waals surface area contributed by atoms with Crippen LogP contribution in [0.15, 0.2) is 60.3 Å². The molecule has 2 aromatic carbocycles. The molecular weight excluding hydrogens is 414 g/mol. The number of anilines is 2. The molecule has 1 aromatic heterocycles. The predicted molar refractivity (Wildman–Crippen MR) is 130 cm³/mol. The molecule has 0 atom stereocenters. The summed E-state index contributed by atoms with van der Waals surface area (Å²) in [7, 11) is 0. The number of hydrogen-bond acceptors (Lipinski definition) is 7. The monoisotopic (exact) mass is 443 g/mol. The van der Waals surface area contributed by atoms with E-state index in [0.717, 1.165) is 56.3 Å². The van der Waals surface area contributed by atoms with Gasteiger partial charge in [-0.15, -0.1) is 0 Å². The third-order valence-corrected chi connectivity index (χ3v) is 5.82. The van der Waals surface area contributed by atoms with Gasteiger partial charge < -0.3 is 20.1 Å². The Morgan fingerprint density at radius 2 is 1.97 bits per heavy atom. The molecule has 1 aliphatic carbocycles. The summed E-state index contributed by atoms with van der Waals surface area (Å²) in [6.07, 6.45) is 4.90. The van der Waals surface area contributed by atoms with Crippen LogP contribution in [0.2, 0.25) is 0 Å². The molecule has 2 N–H and O–H groups in total. The van der Waals surface area contributed by atoms with Crippen LogP contribution in [0, 0.1) is 0 Å². The average molecular weight is 444 g/mol. The molecule has 0 unspecified atom stereocenters. The summed E-state index contributed by atoms with van der Waals surface area (Å²) in [6.45, 7) is 7.98. The van der Waals surface area contributed by atoms with Crippen molar-refractivity contribution in [3.63, 3.8) is 0 Å². The minimum absolute atomic E-state index is 0.474. The minimum Gasteiger partial charge on any atom is -0.492 e. The van der Waals surface area contributed by atoms with Gasteiger partial charge in [0, 0.05) is 56.7 Å². The van der Waals surface area contributed by atoms with Gasteiger partial charge in [-0.2, -0.15) is 4.98 Å². The first-order valence-corrected chi connectivity index (χ1v) is 11.5. The summed E-state index contributed by atoms with van der Waals surface area (Å²) in [5, 5.41) is 6.62. The first-order valence-electron chi connectivity index (χ1n) is 11.5. The van der Waals surface area contributed by atoms with Crippen molar-refractivity contribution in [1.29, 1.82) is 0 Å². The maximum absolute atomic E-state index is 6.00. The summed E-state index contributed by atoms with van der Waals surface area (Å²) in [5.74, 6) is 2.56. The van der Waals surface area contributed by atoms with Gasteiger partial charge in [-0.3, -0.25) is 4.90 Å². The van der Waals surface area contributed by atoms with Gasteiger partial charge in [-0.1, -0.05) is 23.8 Å². The number of benzene rings is 2. The molecule has 1 saturated heterocycles. The predicted octanol–water partition coefficient (Wildman–Crippen LogP) is 4.26. The molecule has 0 radical (unpaired) electrons. The Labute approximate surface area is 194 Å². The molecule has 1 aliphatic heterocycles. The van der Waals surface area contributed by atoms with Crippen LogP contribution in [-0.2, 0) is 6.42 Å². The third-order valence-electron chi connectivity index (χ3n) is 5.82. The Balaban J connectivity index is 1.19. The van der Waals surface area contributed by atoms with Gasteiger partial charge in [0.25, 0.3) is 0 Å². The number of nitrogens with zero attached hydrogens (tertiary/aromatic N) is 3. The minimum atomic E-state index is 0.474. The number of aromatic nitrogens is 2. The Kier molecular flexibility index (Phi) is 6.51. The Morgan fingerprint density at radius 3 is 2.88 bits per heavy atom. The second-order valence-electron chi connectivity index (χ2n) is 8.44. The maximum atomic E-state index is 6.00. The standard InChI is InChI=1S/C26H29N5O2/c1-19-15-20-5-6-24(17-21(20)16-19)33-25-7-8-28-26(30-25)29-22-3-2-4-23(18-22)32-14-13-31-11-9-27-10-12-31/h2-8,16-18,27H,9-15H2,1H3,(H,28,29,30). The van der Waals surface area contributed by atoms with Crippen molar-refractivity contribution >= 4 is 17.7 Å². The molecule has 170 valence electrons. The lowest BCUT2D eigenvalue weighted by Gasteiger charge is -2.26. The third kappa shape index (κ3) is 5.69. The topological polar surface area (TPSA) is 71.5 Å². The molecular formula is C26H29N5O2. The van der Waals surface area contributed by atoms with Gasteiger partial charge >= 0.3 is 0 Å². The molecule has 0 spiro atoms. The average Bonchev–Trinajstić information content (AvgIpc) is 3.20. The summed E-state index contributed by atoms with van der Waals surface area (Å²) in [6, 6.07) is 15.8. The van der Waals surface area contributed by atoms with E-state index in [1.165, 1.54) is 16.7 Å². The van der Waals surface area contributed by atoms with Crippen molar-refractivity contribution in [3.05, 3.63) is 71.4 Å². The van der Waals surface area contributed by atoms with Crippen LogP contribution in [0.4, 0.5) is 11.6 Å². The van der Waals surface area contributed by atoms with E-state index in [1.54, 1.807) is 12.3 Å². The highest BCUT2D eigenvalue weighted by molar-refractivity contribution is 5.65. The summed E-state index contributed by atoms with van der Waals surface area (Å²) in [4.78, 5) is 11.3. The fourth-order valence-corrected chi connectivity index (χ4v) is 4.15. The Bertz CT molecular complexity index is 1140. The van der Waals surface area contributed by atoms with Crippen LogP contribution in [-0.4, -0.2) is 54.2 Å². The Morgan fingerprint density at radius 1 is 1.06 bits per heavy atom. The largest absolute Gasteiger partial charge is 0.492 e. The fraction of sp³-hybridized carbons (Fsp3) is 0.308. The van der Waals surface area contributed by atoms with Crippen molar-refractivity contribution < 1.29 is 9.47 Å². The number of nitrogens with one attached hydrogen (secondary N) is 2. The van der Waals surface area contributed by atoms with Crippen LogP contribution < -0.4 is 20.1 Å². The number of fused-ring (bicyclic) bond motifs is 1. The number of hydrogen-bond donors (Lipinski definition) is 2. The molecule has 0 saturated carbocycles. The van der Waals surface area contributed by atoms with Crippen LogP contribution in [0.3, 0.4) is 0 Å².